The van der Waals surface area contributed by atoms with E-state index in [0.717, 1.165) is 54.7 Å². The average molecular weight is 594 g/mol. The predicted octanol–water partition coefficient (Wildman–Crippen LogP) is 8.67. The fourth-order valence-corrected chi connectivity index (χ4v) is 5.01. The van der Waals surface area contributed by atoms with E-state index in [4.69, 9.17) is 9.72 Å². The molecule has 1 aliphatic heterocycles. The molecule has 0 spiro atoms. The van der Waals surface area contributed by atoms with Crippen molar-refractivity contribution >= 4 is 34.6 Å². The second-order valence-corrected chi connectivity index (χ2v) is 10.5. The molecule has 1 aromatic heterocycles. The van der Waals surface area contributed by atoms with Crippen molar-refractivity contribution in [3.05, 3.63) is 90.0 Å². The Morgan fingerprint density at radius 3 is 2.38 bits per heavy atom. The summed E-state index contributed by atoms with van der Waals surface area (Å²) in [5.41, 5.74) is 5.95. The molecule has 4 aromatic rings. The van der Waals surface area contributed by atoms with Crippen LogP contribution in [0.2, 0.25) is 0 Å². The van der Waals surface area contributed by atoms with Crippen molar-refractivity contribution in [1.82, 2.24) is 9.88 Å². The minimum atomic E-state index is -4.74. The average Bonchev–Trinajstić information content (AvgIpc) is 2.98. The molecule has 0 unspecified atom stereocenters. The predicted molar refractivity (Wildman–Crippen MR) is 159 cm³/mol. The van der Waals surface area contributed by atoms with Crippen LogP contribution in [-0.2, 0) is 11.3 Å². The first-order valence-corrected chi connectivity index (χ1v) is 14.6. The van der Waals surface area contributed by atoms with E-state index in [1.165, 1.54) is 29.5 Å². The Bertz CT molecular complexity index is 1520. The summed E-state index contributed by atoms with van der Waals surface area (Å²) < 4.78 is 47.0. The van der Waals surface area contributed by atoms with Crippen molar-refractivity contribution < 1.29 is 22.6 Å². The van der Waals surface area contributed by atoms with Crippen molar-refractivity contribution in [2.24, 2.45) is 10.2 Å². The lowest BCUT2D eigenvalue weighted by molar-refractivity contribution is -0.274. The van der Waals surface area contributed by atoms with Gasteiger partial charge in [0.25, 0.3) is 0 Å². The first-order chi connectivity index (χ1) is 20.3. The maximum Gasteiger partial charge on any atom is 0.573 e. The van der Waals surface area contributed by atoms with Gasteiger partial charge in [0.2, 0.25) is 0 Å². The Hall–Kier alpha value is -3.93. The smallest absolute Gasteiger partial charge is 0.406 e. The van der Waals surface area contributed by atoms with Gasteiger partial charge in [-0.1, -0.05) is 12.1 Å². The molecule has 7 nitrogen and oxygen atoms in total. The van der Waals surface area contributed by atoms with Crippen LogP contribution in [-0.4, -0.2) is 48.8 Å². The van der Waals surface area contributed by atoms with Gasteiger partial charge in [-0.05, 0) is 91.0 Å². The van der Waals surface area contributed by atoms with Crippen LogP contribution in [0.15, 0.2) is 94.0 Å². The molecule has 0 aliphatic carbocycles. The number of rotatable bonds is 9. The molecule has 1 aliphatic rings. The Labute approximate surface area is 246 Å². The van der Waals surface area contributed by atoms with Gasteiger partial charge in [0.05, 0.1) is 30.3 Å². The second-order valence-electron chi connectivity index (χ2n) is 9.70. The maximum absolute atomic E-state index is 12.5. The Kier molecular flexibility index (Phi) is 9.41. The van der Waals surface area contributed by atoms with Crippen molar-refractivity contribution in [1.29, 1.82) is 0 Å². The van der Waals surface area contributed by atoms with Gasteiger partial charge in [-0.3, -0.25) is 4.90 Å². The first kappa shape index (κ1) is 29.6. The highest BCUT2D eigenvalue weighted by Crippen LogP contribution is 2.33. The van der Waals surface area contributed by atoms with Gasteiger partial charge < -0.3 is 14.8 Å². The summed E-state index contributed by atoms with van der Waals surface area (Å²) in [4.78, 5) is 7.99. The number of ether oxygens (including phenoxy) is 2. The van der Waals surface area contributed by atoms with E-state index in [2.05, 4.69) is 43.4 Å². The van der Waals surface area contributed by atoms with Crippen LogP contribution in [0.1, 0.15) is 11.1 Å². The third-order valence-corrected chi connectivity index (χ3v) is 7.41. The summed E-state index contributed by atoms with van der Waals surface area (Å²) in [5, 5.41) is 12.2. The molecule has 5 rings (SSSR count). The van der Waals surface area contributed by atoms with Crippen LogP contribution in [0, 0.1) is 6.92 Å². The standard InChI is InChI=1S/C31H30F3N5O2S/c1-21-3-4-22(20-39-15-17-40-18-16-39)19-27(21)38-37-25-9-7-24(8-10-25)35-29-14-13-28(42-2)30(36-29)23-5-11-26(12-6-23)41-31(32,33)34/h3-14,19H,15-18,20H2,1-2H3,(H,35,36). The number of azo groups is 1. The molecule has 218 valence electrons. The number of anilines is 2. The monoisotopic (exact) mass is 593 g/mol. The number of aromatic nitrogens is 1. The molecule has 1 N–H and O–H groups in total. The Morgan fingerprint density at radius 2 is 1.69 bits per heavy atom. The number of hydrogen-bond acceptors (Lipinski definition) is 8. The molecule has 0 amide bonds. The van der Waals surface area contributed by atoms with Crippen LogP contribution in [0.5, 0.6) is 5.75 Å². The van der Waals surface area contributed by atoms with Crippen molar-refractivity contribution in [3.63, 3.8) is 0 Å². The summed E-state index contributed by atoms with van der Waals surface area (Å²) in [6.07, 6.45) is -2.82. The van der Waals surface area contributed by atoms with Crippen LogP contribution >= 0.6 is 11.8 Å². The van der Waals surface area contributed by atoms with Gasteiger partial charge in [-0.15, -0.1) is 24.9 Å². The molecule has 0 bridgehead atoms. The molecule has 3 aromatic carbocycles. The van der Waals surface area contributed by atoms with E-state index in [1.807, 2.05) is 49.6 Å². The molecule has 1 saturated heterocycles. The third-order valence-electron chi connectivity index (χ3n) is 6.64. The summed E-state index contributed by atoms with van der Waals surface area (Å²) in [5.74, 6) is 0.319. The van der Waals surface area contributed by atoms with E-state index in [1.54, 1.807) is 12.1 Å². The molecule has 0 radical (unpaired) electrons. The number of benzene rings is 3. The summed E-state index contributed by atoms with van der Waals surface area (Å²) in [6, 6.07) is 23.3. The number of alkyl halides is 3. The van der Waals surface area contributed by atoms with Crippen LogP contribution in [0.25, 0.3) is 11.3 Å². The molecule has 1 fully saturated rings. The normalized spacial score (nSPS) is 14.3. The van der Waals surface area contributed by atoms with Gasteiger partial charge in [-0.2, -0.15) is 10.2 Å². The van der Waals surface area contributed by atoms with Crippen LogP contribution in [0.3, 0.4) is 0 Å². The van der Waals surface area contributed by atoms with Crippen molar-refractivity contribution in [3.8, 4) is 17.0 Å². The van der Waals surface area contributed by atoms with E-state index in [0.29, 0.717) is 22.8 Å². The van der Waals surface area contributed by atoms with Gasteiger partial charge in [0.1, 0.15) is 11.6 Å². The molecule has 0 atom stereocenters. The minimum Gasteiger partial charge on any atom is -0.406 e. The highest BCUT2D eigenvalue weighted by Gasteiger charge is 2.31. The lowest BCUT2D eigenvalue weighted by Gasteiger charge is -2.26. The third kappa shape index (κ3) is 8.09. The number of thioether (sulfide) groups is 1. The van der Waals surface area contributed by atoms with E-state index in [9.17, 15) is 13.2 Å². The van der Waals surface area contributed by atoms with Crippen LogP contribution < -0.4 is 10.1 Å². The zero-order chi connectivity index (χ0) is 29.5. The number of halogens is 3. The maximum atomic E-state index is 12.5. The number of pyridine rings is 1. The largest absolute Gasteiger partial charge is 0.573 e. The lowest BCUT2D eigenvalue weighted by Crippen LogP contribution is -2.35. The minimum absolute atomic E-state index is 0.278. The highest BCUT2D eigenvalue weighted by atomic mass is 32.2. The number of nitrogens with zero attached hydrogens (tertiary/aromatic N) is 4. The number of nitrogens with one attached hydrogen (secondary N) is 1. The van der Waals surface area contributed by atoms with E-state index < -0.39 is 6.36 Å². The lowest BCUT2D eigenvalue weighted by atomic mass is 10.1. The molecule has 2 heterocycles. The summed E-state index contributed by atoms with van der Waals surface area (Å²) >= 11 is 1.50. The molecular weight excluding hydrogens is 563 g/mol. The second kappa shape index (κ2) is 13.4. The quantitative estimate of drug-likeness (QED) is 0.155. The van der Waals surface area contributed by atoms with Gasteiger partial charge >= 0.3 is 6.36 Å². The first-order valence-electron chi connectivity index (χ1n) is 13.4. The summed E-state index contributed by atoms with van der Waals surface area (Å²) in [7, 11) is 0. The topological polar surface area (TPSA) is 71.3 Å². The highest BCUT2D eigenvalue weighted by molar-refractivity contribution is 7.98. The summed E-state index contributed by atoms with van der Waals surface area (Å²) in [6.45, 7) is 6.27. The zero-order valence-corrected chi connectivity index (χ0v) is 24.0. The zero-order valence-electron chi connectivity index (χ0n) is 23.2. The number of aryl methyl sites for hydroxylation is 1. The Morgan fingerprint density at radius 1 is 0.952 bits per heavy atom. The van der Waals surface area contributed by atoms with Crippen LogP contribution in [0.4, 0.5) is 36.1 Å². The molecular formula is C31H30F3N5O2S. The van der Waals surface area contributed by atoms with Gasteiger partial charge in [0.15, 0.2) is 0 Å². The number of hydrogen-bond donors (Lipinski definition) is 1. The van der Waals surface area contributed by atoms with Gasteiger partial charge in [-0.25, -0.2) is 4.98 Å². The molecule has 42 heavy (non-hydrogen) atoms. The fraction of sp³-hybridized carbons (Fsp3) is 0.258. The van der Waals surface area contributed by atoms with Gasteiger partial charge in [0, 0.05) is 35.8 Å². The van der Waals surface area contributed by atoms with E-state index in [-0.39, 0.29) is 5.75 Å². The fourth-order valence-electron chi connectivity index (χ4n) is 4.45. The molecule has 0 saturated carbocycles. The van der Waals surface area contributed by atoms with Crippen molar-refractivity contribution in [2.45, 2.75) is 24.7 Å². The van der Waals surface area contributed by atoms with Crippen molar-refractivity contribution in [2.75, 3.05) is 37.9 Å². The molecule has 11 heteroatoms. The van der Waals surface area contributed by atoms with E-state index >= 15 is 0 Å². The Balaban J connectivity index is 1.26. The number of morpholine rings is 1. The SMILES string of the molecule is CSc1ccc(Nc2ccc(N=Nc3cc(CN4CCOCC4)ccc3C)cc2)nc1-c1ccc(OC(F)(F)F)cc1.